The third kappa shape index (κ3) is 4.00. The average Bonchev–Trinajstić information content (AvgIpc) is 2.32. The van der Waals surface area contributed by atoms with Gasteiger partial charge >= 0.3 is 6.03 Å². The number of amides is 2. The molecular weight excluding hydrogens is 365 g/mol. The van der Waals surface area contributed by atoms with Crippen molar-refractivity contribution < 1.29 is 4.79 Å². The predicted octanol–water partition coefficient (Wildman–Crippen LogP) is 2.54. The van der Waals surface area contributed by atoms with Gasteiger partial charge in [0.15, 0.2) is 0 Å². The fourth-order valence-electron chi connectivity index (χ4n) is 1.87. The third-order valence-corrected chi connectivity index (χ3v) is 3.58. The quantitative estimate of drug-likeness (QED) is 0.734. The fourth-order valence-corrected chi connectivity index (χ4v) is 2.23. The Bertz CT molecular complexity index is 399. The second-order valence-corrected chi connectivity index (χ2v) is 5.43. The zero-order valence-corrected chi connectivity index (χ0v) is 13.1. The van der Waals surface area contributed by atoms with E-state index < -0.39 is 0 Å². The van der Waals surface area contributed by atoms with Gasteiger partial charge in [0, 0.05) is 34.9 Å². The van der Waals surface area contributed by atoms with E-state index in [4.69, 9.17) is 0 Å². The van der Waals surface area contributed by atoms with Gasteiger partial charge in [-0.15, -0.1) is 12.4 Å². The minimum Gasteiger partial charge on any atom is -0.319 e. The number of hydrogen-bond acceptors (Lipinski definition) is 2. The minimum absolute atomic E-state index is 0. The molecule has 18 heavy (non-hydrogen) atoms. The van der Waals surface area contributed by atoms with Gasteiger partial charge in [-0.3, -0.25) is 0 Å². The number of halogens is 2. The van der Waals surface area contributed by atoms with Gasteiger partial charge in [-0.25, -0.2) is 4.79 Å². The van der Waals surface area contributed by atoms with Gasteiger partial charge in [0.25, 0.3) is 0 Å². The molecule has 1 heterocycles. The van der Waals surface area contributed by atoms with Crippen molar-refractivity contribution in [1.82, 2.24) is 10.2 Å². The molecular formula is C12H17ClIN3O. The summed E-state index contributed by atoms with van der Waals surface area (Å²) in [5.41, 5.74) is 0.848. The van der Waals surface area contributed by atoms with E-state index in [1.165, 1.54) is 0 Å². The largest absolute Gasteiger partial charge is 0.322 e. The molecule has 0 radical (unpaired) electrons. The van der Waals surface area contributed by atoms with Gasteiger partial charge in [0.05, 0.1) is 0 Å². The number of urea groups is 1. The highest BCUT2D eigenvalue weighted by Crippen LogP contribution is 2.13. The lowest BCUT2D eigenvalue weighted by Crippen LogP contribution is -2.53. The number of nitrogens with zero attached hydrogens (tertiary/aromatic N) is 1. The molecule has 2 N–H and O–H groups in total. The molecule has 1 fully saturated rings. The Morgan fingerprint density at radius 1 is 1.44 bits per heavy atom. The molecule has 1 saturated heterocycles. The first-order valence-electron chi connectivity index (χ1n) is 5.71. The lowest BCUT2D eigenvalue weighted by Gasteiger charge is -2.33. The van der Waals surface area contributed by atoms with Crippen molar-refractivity contribution in [3.63, 3.8) is 0 Å². The molecule has 1 aliphatic heterocycles. The topological polar surface area (TPSA) is 44.4 Å². The van der Waals surface area contributed by atoms with Crippen LogP contribution >= 0.6 is 35.0 Å². The van der Waals surface area contributed by atoms with Crippen LogP contribution in [0.3, 0.4) is 0 Å². The molecule has 1 atom stereocenters. The lowest BCUT2D eigenvalue weighted by atomic mass is 10.2. The maximum atomic E-state index is 12.0. The number of anilines is 1. The second kappa shape index (κ2) is 7.16. The van der Waals surface area contributed by atoms with E-state index in [1.54, 1.807) is 0 Å². The summed E-state index contributed by atoms with van der Waals surface area (Å²) in [5.74, 6) is 0. The number of hydrogen-bond donors (Lipinski definition) is 2. The number of piperazine rings is 1. The Labute approximate surface area is 127 Å². The fraction of sp³-hybridized carbons (Fsp3) is 0.417. The molecule has 1 aliphatic rings. The first-order chi connectivity index (χ1) is 8.16. The molecule has 4 nitrogen and oxygen atoms in total. The Balaban J connectivity index is 0.00000162. The summed E-state index contributed by atoms with van der Waals surface area (Å²) >= 11 is 2.25. The summed E-state index contributed by atoms with van der Waals surface area (Å²) in [6.07, 6.45) is 0. The van der Waals surface area contributed by atoms with E-state index in [2.05, 4.69) is 40.1 Å². The van der Waals surface area contributed by atoms with Crippen molar-refractivity contribution in [2.75, 3.05) is 25.0 Å². The minimum atomic E-state index is -0.0137. The number of nitrogens with one attached hydrogen (secondary N) is 2. The normalized spacial score (nSPS) is 19.0. The molecule has 100 valence electrons. The number of carbonyl (C=O) groups excluding carboxylic acids is 1. The van der Waals surface area contributed by atoms with Crippen LogP contribution in [0.4, 0.5) is 10.5 Å². The van der Waals surface area contributed by atoms with E-state index in [0.717, 1.165) is 28.9 Å². The molecule has 1 aromatic rings. The van der Waals surface area contributed by atoms with Gasteiger partial charge in [-0.2, -0.15) is 0 Å². The number of rotatable bonds is 1. The molecule has 0 spiro atoms. The number of carbonyl (C=O) groups is 1. The van der Waals surface area contributed by atoms with Gasteiger partial charge in [-0.1, -0.05) is 0 Å². The molecule has 0 saturated carbocycles. The third-order valence-electron chi connectivity index (χ3n) is 2.86. The van der Waals surface area contributed by atoms with Crippen LogP contribution in [0.1, 0.15) is 6.92 Å². The molecule has 1 aromatic carbocycles. The highest BCUT2D eigenvalue weighted by Gasteiger charge is 2.22. The predicted molar refractivity (Wildman–Crippen MR) is 84.5 cm³/mol. The van der Waals surface area contributed by atoms with Crippen LogP contribution in [0.5, 0.6) is 0 Å². The van der Waals surface area contributed by atoms with Crippen molar-refractivity contribution in [3.8, 4) is 0 Å². The second-order valence-electron chi connectivity index (χ2n) is 4.18. The number of benzene rings is 1. The molecule has 2 rings (SSSR count). The van der Waals surface area contributed by atoms with Crippen molar-refractivity contribution in [3.05, 3.63) is 27.8 Å². The SMILES string of the molecule is C[C@@H]1CNCCN1C(=O)Nc1ccc(I)cc1.Cl. The van der Waals surface area contributed by atoms with Crippen LogP contribution < -0.4 is 10.6 Å². The van der Waals surface area contributed by atoms with Crippen LogP contribution in [-0.4, -0.2) is 36.6 Å². The van der Waals surface area contributed by atoms with Gasteiger partial charge in [-0.05, 0) is 53.8 Å². The Morgan fingerprint density at radius 2 is 2.11 bits per heavy atom. The Kier molecular flexibility index (Phi) is 6.17. The zero-order valence-electron chi connectivity index (χ0n) is 10.1. The van der Waals surface area contributed by atoms with Gasteiger partial charge in [0.1, 0.15) is 0 Å². The summed E-state index contributed by atoms with van der Waals surface area (Å²) in [6, 6.07) is 8.04. The average molecular weight is 382 g/mol. The van der Waals surface area contributed by atoms with Crippen LogP contribution in [0.15, 0.2) is 24.3 Å². The van der Waals surface area contributed by atoms with E-state index in [0.29, 0.717) is 0 Å². The molecule has 0 aromatic heterocycles. The first-order valence-corrected chi connectivity index (χ1v) is 6.78. The van der Waals surface area contributed by atoms with E-state index in [1.807, 2.05) is 29.2 Å². The molecule has 2 amide bonds. The van der Waals surface area contributed by atoms with Gasteiger partial charge < -0.3 is 15.5 Å². The summed E-state index contributed by atoms with van der Waals surface area (Å²) in [7, 11) is 0. The Morgan fingerprint density at radius 3 is 2.72 bits per heavy atom. The van der Waals surface area contributed by atoms with Crippen LogP contribution in [-0.2, 0) is 0 Å². The first kappa shape index (κ1) is 15.5. The summed E-state index contributed by atoms with van der Waals surface area (Å²) in [6.45, 7) is 4.54. The molecule has 0 unspecified atom stereocenters. The van der Waals surface area contributed by atoms with Crippen LogP contribution in [0.25, 0.3) is 0 Å². The maximum Gasteiger partial charge on any atom is 0.322 e. The smallest absolute Gasteiger partial charge is 0.319 e. The standard InChI is InChI=1S/C12H16IN3O.ClH/c1-9-8-14-6-7-16(9)12(17)15-11-4-2-10(13)3-5-11;/h2-5,9,14H,6-8H2,1H3,(H,15,17);1H/t9-;/m1./s1. The molecule has 0 bridgehead atoms. The molecule has 0 aliphatic carbocycles. The van der Waals surface area contributed by atoms with Crippen LogP contribution in [0.2, 0.25) is 0 Å². The van der Waals surface area contributed by atoms with Crippen molar-refractivity contribution in [2.45, 2.75) is 13.0 Å². The molecule has 6 heteroatoms. The van der Waals surface area contributed by atoms with Crippen molar-refractivity contribution >= 4 is 46.7 Å². The highest BCUT2D eigenvalue weighted by atomic mass is 127. The van der Waals surface area contributed by atoms with Crippen molar-refractivity contribution in [1.29, 1.82) is 0 Å². The van der Waals surface area contributed by atoms with E-state index in [-0.39, 0.29) is 24.5 Å². The van der Waals surface area contributed by atoms with Crippen molar-refractivity contribution in [2.24, 2.45) is 0 Å². The van der Waals surface area contributed by atoms with Crippen LogP contribution in [0, 0.1) is 3.57 Å². The van der Waals surface area contributed by atoms with E-state index in [9.17, 15) is 4.79 Å². The zero-order chi connectivity index (χ0) is 12.3. The summed E-state index contributed by atoms with van der Waals surface area (Å²) < 4.78 is 1.16. The Hall–Kier alpha value is -0.530. The van der Waals surface area contributed by atoms with Gasteiger partial charge in [0.2, 0.25) is 0 Å². The maximum absolute atomic E-state index is 12.0. The van der Waals surface area contributed by atoms with E-state index >= 15 is 0 Å². The lowest BCUT2D eigenvalue weighted by molar-refractivity contribution is 0.177. The monoisotopic (exact) mass is 381 g/mol. The highest BCUT2D eigenvalue weighted by molar-refractivity contribution is 14.1. The summed E-state index contributed by atoms with van der Waals surface area (Å²) in [4.78, 5) is 13.9. The summed E-state index contributed by atoms with van der Waals surface area (Å²) in [5, 5.41) is 6.19.